The molecular formula is C24H43N5O. The van der Waals surface area contributed by atoms with Gasteiger partial charge in [-0.3, -0.25) is 14.8 Å². The molecule has 0 aliphatic carbocycles. The lowest BCUT2D eigenvalue weighted by Crippen LogP contribution is -2.41. The maximum Gasteiger partial charge on any atom is 0.191 e. The molecule has 1 atom stereocenters. The van der Waals surface area contributed by atoms with Crippen LogP contribution in [0, 0.1) is 0 Å². The minimum Gasteiger partial charge on any atom is -0.376 e. The van der Waals surface area contributed by atoms with Gasteiger partial charge in [0.15, 0.2) is 5.96 Å². The Bertz CT molecular complexity index is 638. The van der Waals surface area contributed by atoms with E-state index in [1.165, 1.54) is 11.1 Å². The van der Waals surface area contributed by atoms with Crippen molar-refractivity contribution in [3.05, 3.63) is 35.4 Å². The molecule has 2 rings (SSSR count). The average molecular weight is 418 g/mol. The van der Waals surface area contributed by atoms with Crippen LogP contribution in [0.1, 0.15) is 52.2 Å². The van der Waals surface area contributed by atoms with Crippen LogP contribution in [0.15, 0.2) is 29.3 Å². The number of aliphatic imine (C=N–C) groups is 1. The summed E-state index contributed by atoms with van der Waals surface area (Å²) in [4.78, 5) is 9.37. The van der Waals surface area contributed by atoms with Gasteiger partial charge >= 0.3 is 0 Å². The molecule has 2 N–H and O–H groups in total. The highest BCUT2D eigenvalue weighted by Gasteiger charge is 2.16. The van der Waals surface area contributed by atoms with E-state index < -0.39 is 0 Å². The highest BCUT2D eigenvalue weighted by Crippen LogP contribution is 2.12. The van der Waals surface area contributed by atoms with Gasteiger partial charge in [0, 0.05) is 58.4 Å². The third kappa shape index (κ3) is 8.62. The van der Waals surface area contributed by atoms with Crippen molar-refractivity contribution in [2.45, 2.75) is 72.3 Å². The molecule has 30 heavy (non-hydrogen) atoms. The van der Waals surface area contributed by atoms with Crippen LogP contribution in [-0.2, 0) is 17.8 Å². The van der Waals surface area contributed by atoms with E-state index in [-0.39, 0.29) is 0 Å². The van der Waals surface area contributed by atoms with Crippen molar-refractivity contribution in [1.82, 2.24) is 20.4 Å². The molecule has 0 aromatic heterocycles. The fourth-order valence-electron chi connectivity index (χ4n) is 4.12. The molecule has 6 nitrogen and oxygen atoms in total. The Balaban J connectivity index is 1.75. The molecule has 0 spiro atoms. The van der Waals surface area contributed by atoms with Crippen molar-refractivity contribution < 1.29 is 4.74 Å². The molecule has 1 aliphatic heterocycles. The summed E-state index contributed by atoms with van der Waals surface area (Å²) in [6.45, 7) is 17.8. The Morgan fingerprint density at radius 1 is 1.20 bits per heavy atom. The van der Waals surface area contributed by atoms with Crippen molar-refractivity contribution >= 4 is 5.96 Å². The van der Waals surface area contributed by atoms with Gasteiger partial charge < -0.3 is 15.4 Å². The summed E-state index contributed by atoms with van der Waals surface area (Å²) >= 11 is 0. The van der Waals surface area contributed by atoms with E-state index >= 15 is 0 Å². The number of hydrogen-bond acceptors (Lipinski definition) is 4. The fraction of sp³-hybridized carbons (Fsp3) is 0.708. The van der Waals surface area contributed by atoms with Crippen LogP contribution < -0.4 is 10.6 Å². The van der Waals surface area contributed by atoms with Gasteiger partial charge in [-0.25, -0.2) is 0 Å². The summed E-state index contributed by atoms with van der Waals surface area (Å²) < 4.78 is 5.65. The molecule has 1 aliphatic rings. The summed E-state index contributed by atoms with van der Waals surface area (Å²) in [5, 5.41) is 6.90. The van der Waals surface area contributed by atoms with Crippen molar-refractivity contribution in [3.63, 3.8) is 0 Å². The van der Waals surface area contributed by atoms with Gasteiger partial charge in [-0.2, -0.15) is 0 Å². The van der Waals surface area contributed by atoms with Gasteiger partial charge in [0.1, 0.15) is 0 Å². The molecular weight excluding hydrogens is 374 g/mol. The number of morpholine rings is 1. The third-order valence-corrected chi connectivity index (χ3v) is 5.62. The maximum absolute atomic E-state index is 5.65. The minimum atomic E-state index is 0.325. The third-order valence-electron chi connectivity index (χ3n) is 5.62. The minimum absolute atomic E-state index is 0.325. The van der Waals surface area contributed by atoms with Gasteiger partial charge in [0.2, 0.25) is 0 Å². The van der Waals surface area contributed by atoms with Crippen LogP contribution >= 0.6 is 0 Å². The van der Waals surface area contributed by atoms with Gasteiger partial charge in [0.25, 0.3) is 0 Å². The Morgan fingerprint density at radius 3 is 2.60 bits per heavy atom. The van der Waals surface area contributed by atoms with Crippen LogP contribution in [0.25, 0.3) is 0 Å². The Hall–Kier alpha value is -1.63. The highest BCUT2D eigenvalue weighted by atomic mass is 16.5. The zero-order valence-corrected chi connectivity index (χ0v) is 19.9. The largest absolute Gasteiger partial charge is 0.376 e. The molecule has 0 bridgehead atoms. The molecule has 170 valence electrons. The fourth-order valence-corrected chi connectivity index (χ4v) is 4.12. The van der Waals surface area contributed by atoms with E-state index in [1.54, 1.807) is 0 Å². The molecule has 1 saturated heterocycles. The molecule has 0 amide bonds. The summed E-state index contributed by atoms with van der Waals surface area (Å²) in [6.07, 6.45) is 1.43. The molecule has 0 radical (unpaired) electrons. The summed E-state index contributed by atoms with van der Waals surface area (Å²) in [7, 11) is 1.83. The first-order chi connectivity index (χ1) is 14.4. The normalized spacial score (nSPS) is 18.4. The van der Waals surface area contributed by atoms with Gasteiger partial charge in [-0.1, -0.05) is 24.3 Å². The predicted molar refractivity (Wildman–Crippen MR) is 127 cm³/mol. The molecule has 1 heterocycles. The van der Waals surface area contributed by atoms with Crippen molar-refractivity contribution in [1.29, 1.82) is 0 Å². The van der Waals surface area contributed by atoms with E-state index in [2.05, 4.69) is 84.3 Å². The predicted octanol–water partition coefficient (Wildman–Crippen LogP) is 3.08. The van der Waals surface area contributed by atoms with Crippen LogP contribution in [0.3, 0.4) is 0 Å². The van der Waals surface area contributed by atoms with Crippen molar-refractivity contribution in [3.8, 4) is 0 Å². The lowest BCUT2D eigenvalue weighted by atomic mass is 10.1. The van der Waals surface area contributed by atoms with Crippen molar-refractivity contribution in [2.24, 2.45) is 4.99 Å². The number of rotatable bonds is 10. The van der Waals surface area contributed by atoms with Crippen molar-refractivity contribution in [2.75, 3.05) is 39.8 Å². The summed E-state index contributed by atoms with van der Waals surface area (Å²) in [6, 6.07) is 9.99. The first-order valence-electron chi connectivity index (χ1n) is 11.5. The molecule has 0 saturated carbocycles. The number of hydrogen-bond donors (Lipinski definition) is 2. The lowest BCUT2D eigenvalue weighted by Gasteiger charge is -2.31. The first-order valence-corrected chi connectivity index (χ1v) is 11.5. The Kier molecular flexibility index (Phi) is 10.6. The monoisotopic (exact) mass is 417 g/mol. The topological polar surface area (TPSA) is 52.1 Å². The molecule has 6 heteroatoms. The van der Waals surface area contributed by atoms with Crippen LogP contribution in [0.2, 0.25) is 0 Å². The second-order valence-electron chi connectivity index (χ2n) is 8.87. The zero-order valence-electron chi connectivity index (χ0n) is 19.9. The Labute approximate surface area is 184 Å². The number of benzene rings is 1. The van der Waals surface area contributed by atoms with Crippen LogP contribution in [0.4, 0.5) is 0 Å². The molecule has 1 unspecified atom stereocenters. The number of ether oxygens (including phenoxy) is 1. The quantitative estimate of drug-likeness (QED) is 0.348. The standard InChI is InChI=1S/C24H43N5O/c1-19(2)29(20(3)4)12-8-11-26-24(25-6)27-16-22-9-7-10-23(15-22)18-28-13-14-30-21(5)17-28/h7,9-10,15,19-21H,8,11-14,16-18H2,1-6H3,(H2,25,26,27). The van der Waals surface area contributed by atoms with Crippen LogP contribution in [-0.4, -0.2) is 73.8 Å². The average Bonchev–Trinajstić information content (AvgIpc) is 2.70. The summed E-state index contributed by atoms with van der Waals surface area (Å²) in [5.41, 5.74) is 2.64. The number of nitrogens with zero attached hydrogens (tertiary/aromatic N) is 3. The van der Waals surface area contributed by atoms with Gasteiger partial charge in [-0.05, 0) is 52.2 Å². The van der Waals surface area contributed by atoms with E-state index in [1.807, 2.05) is 7.05 Å². The molecule has 1 aromatic carbocycles. The van der Waals surface area contributed by atoms with Crippen LogP contribution in [0.5, 0.6) is 0 Å². The first kappa shape index (κ1) is 24.6. The summed E-state index contributed by atoms with van der Waals surface area (Å²) in [5.74, 6) is 0.864. The van der Waals surface area contributed by atoms with Gasteiger partial charge in [0.05, 0.1) is 12.7 Å². The number of guanidine groups is 1. The second-order valence-corrected chi connectivity index (χ2v) is 8.87. The molecule has 1 aromatic rings. The second kappa shape index (κ2) is 12.9. The maximum atomic E-state index is 5.65. The highest BCUT2D eigenvalue weighted by molar-refractivity contribution is 5.79. The molecule has 1 fully saturated rings. The SMILES string of the molecule is CN=C(NCCCN(C(C)C)C(C)C)NCc1cccc(CN2CCOC(C)C2)c1. The van der Waals surface area contributed by atoms with E-state index in [4.69, 9.17) is 4.74 Å². The number of nitrogens with one attached hydrogen (secondary N) is 2. The van der Waals surface area contributed by atoms with E-state index in [0.717, 1.165) is 58.3 Å². The van der Waals surface area contributed by atoms with E-state index in [9.17, 15) is 0 Å². The Morgan fingerprint density at radius 2 is 1.93 bits per heavy atom. The smallest absolute Gasteiger partial charge is 0.191 e. The van der Waals surface area contributed by atoms with E-state index in [0.29, 0.717) is 18.2 Å². The van der Waals surface area contributed by atoms with Gasteiger partial charge in [-0.15, -0.1) is 0 Å². The zero-order chi connectivity index (χ0) is 21.9. The lowest BCUT2D eigenvalue weighted by molar-refractivity contribution is -0.0212.